The van der Waals surface area contributed by atoms with Gasteiger partial charge in [-0.2, -0.15) is 0 Å². The summed E-state index contributed by atoms with van der Waals surface area (Å²) in [4.78, 5) is 4.47. The topological polar surface area (TPSA) is 53.1 Å². The van der Waals surface area contributed by atoms with Crippen LogP contribution in [0.3, 0.4) is 0 Å². The Hall–Kier alpha value is -2.47. The SMILES string of the molecule is COc1cccc(-c2nc3cc(F)c(F)cc3n2CCCN)c1. The molecule has 0 fully saturated rings. The zero-order chi connectivity index (χ0) is 16.4. The number of fused-ring (bicyclic) bond motifs is 1. The molecule has 0 saturated carbocycles. The fraction of sp³-hybridized carbons (Fsp3) is 0.235. The van der Waals surface area contributed by atoms with Crippen LogP contribution in [0.2, 0.25) is 0 Å². The van der Waals surface area contributed by atoms with Crippen molar-refractivity contribution in [2.75, 3.05) is 13.7 Å². The highest BCUT2D eigenvalue weighted by Crippen LogP contribution is 2.28. The molecule has 0 unspecified atom stereocenters. The molecule has 1 aromatic heterocycles. The number of methoxy groups -OCH3 is 1. The first-order chi connectivity index (χ1) is 11.1. The molecule has 0 aliphatic rings. The molecule has 3 aromatic rings. The van der Waals surface area contributed by atoms with Gasteiger partial charge in [0.2, 0.25) is 0 Å². The second-order valence-electron chi connectivity index (χ2n) is 5.22. The summed E-state index contributed by atoms with van der Waals surface area (Å²) in [7, 11) is 1.58. The Morgan fingerprint density at radius 3 is 2.70 bits per heavy atom. The molecular formula is C17H17F2N3O. The van der Waals surface area contributed by atoms with Crippen LogP contribution in [0.1, 0.15) is 6.42 Å². The Labute approximate surface area is 132 Å². The van der Waals surface area contributed by atoms with Crippen molar-refractivity contribution in [3.8, 4) is 17.1 Å². The van der Waals surface area contributed by atoms with Crippen molar-refractivity contribution in [1.29, 1.82) is 0 Å². The first kappa shape index (κ1) is 15.4. The number of rotatable bonds is 5. The predicted molar refractivity (Wildman–Crippen MR) is 85.3 cm³/mol. The van der Waals surface area contributed by atoms with Crippen molar-refractivity contribution < 1.29 is 13.5 Å². The van der Waals surface area contributed by atoms with Gasteiger partial charge < -0.3 is 15.0 Å². The number of hydrogen-bond donors (Lipinski definition) is 1. The Balaban J connectivity index is 2.21. The van der Waals surface area contributed by atoms with E-state index in [4.69, 9.17) is 10.5 Å². The number of halogens is 2. The molecule has 120 valence electrons. The molecule has 2 N–H and O–H groups in total. The van der Waals surface area contributed by atoms with Crippen molar-refractivity contribution in [2.24, 2.45) is 5.73 Å². The van der Waals surface area contributed by atoms with Crippen molar-refractivity contribution in [3.05, 3.63) is 48.0 Å². The second kappa shape index (κ2) is 6.34. The van der Waals surface area contributed by atoms with E-state index in [1.165, 1.54) is 6.07 Å². The van der Waals surface area contributed by atoms with E-state index >= 15 is 0 Å². The van der Waals surface area contributed by atoms with Crippen molar-refractivity contribution in [1.82, 2.24) is 9.55 Å². The van der Waals surface area contributed by atoms with Crippen LogP contribution in [0, 0.1) is 11.6 Å². The number of benzene rings is 2. The van der Waals surface area contributed by atoms with Crippen LogP contribution < -0.4 is 10.5 Å². The molecule has 0 aliphatic heterocycles. The number of aromatic nitrogens is 2. The number of imidazole rings is 1. The van der Waals surface area contributed by atoms with Gasteiger partial charge in [-0.1, -0.05) is 12.1 Å². The quantitative estimate of drug-likeness (QED) is 0.785. The summed E-state index contributed by atoms with van der Waals surface area (Å²) in [6.45, 7) is 1.07. The van der Waals surface area contributed by atoms with Gasteiger partial charge in [-0.05, 0) is 25.1 Å². The highest BCUT2D eigenvalue weighted by atomic mass is 19.2. The summed E-state index contributed by atoms with van der Waals surface area (Å²) in [5.41, 5.74) is 7.37. The highest BCUT2D eigenvalue weighted by molar-refractivity contribution is 5.81. The smallest absolute Gasteiger partial charge is 0.161 e. The molecule has 0 aliphatic carbocycles. The molecule has 0 amide bonds. The molecular weight excluding hydrogens is 300 g/mol. The van der Waals surface area contributed by atoms with Gasteiger partial charge in [0.25, 0.3) is 0 Å². The maximum atomic E-state index is 13.6. The van der Waals surface area contributed by atoms with Gasteiger partial charge in [0.15, 0.2) is 11.6 Å². The minimum absolute atomic E-state index is 0.416. The van der Waals surface area contributed by atoms with E-state index in [-0.39, 0.29) is 0 Å². The Kier molecular flexibility index (Phi) is 4.25. The van der Waals surface area contributed by atoms with Crippen molar-refractivity contribution in [3.63, 3.8) is 0 Å². The molecule has 23 heavy (non-hydrogen) atoms. The summed E-state index contributed by atoms with van der Waals surface area (Å²) < 4.78 is 34.2. The molecule has 0 spiro atoms. The van der Waals surface area contributed by atoms with E-state index in [9.17, 15) is 8.78 Å². The average Bonchev–Trinajstić information content (AvgIpc) is 2.91. The molecule has 6 heteroatoms. The minimum atomic E-state index is -0.904. The van der Waals surface area contributed by atoms with Gasteiger partial charge in [0, 0.05) is 24.2 Å². The van der Waals surface area contributed by atoms with E-state index in [1.807, 2.05) is 28.8 Å². The standard InChI is InChI=1S/C17H17F2N3O/c1-23-12-5-2-4-11(8-12)17-21-15-9-13(18)14(19)10-16(15)22(17)7-3-6-20/h2,4-5,8-10H,3,6-7,20H2,1H3. The largest absolute Gasteiger partial charge is 0.497 e. The lowest BCUT2D eigenvalue weighted by Gasteiger charge is -2.09. The van der Waals surface area contributed by atoms with Crippen LogP contribution in [0.15, 0.2) is 36.4 Å². The third-order valence-electron chi connectivity index (χ3n) is 3.70. The van der Waals surface area contributed by atoms with E-state index < -0.39 is 11.6 Å². The zero-order valence-corrected chi connectivity index (χ0v) is 12.7. The first-order valence-corrected chi connectivity index (χ1v) is 7.34. The number of ether oxygens (including phenoxy) is 1. The van der Waals surface area contributed by atoms with Crippen LogP contribution in [0.4, 0.5) is 8.78 Å². The van der Waals surface area contributed by atoms with E-state index in [1.54, 1.807) is 7.11 Å². The lowest BCUT2D eigenvalue weighted by atomic mass is 10.2. The molecule has 0 saturated heterocycles. The van der Waals surface area contributed by atoms with Gasteiger partial charge in [0.1, 0.15) is 11.6 Å². The predicted octanol–water partition coefficient (Wildman–Crippen LogP) is 3.34. The maximum Gasteiger partial charge on any atom is 0.161 e. The van der Waals surface area contributed by atoms with Gasteiger partial charge in [-0.3, -0.25) is 0 Å². The normalized spacial score (nSPS) is 11.1. The summed E-state index contributed by atoms with van der Waals surface area (Å²) >= 11 is 0. The fourth-order valence-electron chi connectivity index (χ4n) is 2.58. The van der Waals surface area contributed by atoms with Crippen LogP contribution >= 0.6 is 0 Å². The molecule has 1 heterocycles. The Bertz CT molecular complexity index is 845. The number of nitrogens with zero attached hydrogens (tertiary/aromatic N) is 2. The van der Waals surface area contributed by atoms with Crippen LogP contribution in [-0.2, 0) is 6.54 Å². The third kappa shape index (κ3) is 2.90. The van der Waals surface area contributed by atoms with Gasteiger partial charge >= 0.3 is 0 Å². The molecule has 0 atom stereocenters. The summed E-state index contributed by atoms with van der Waals surface area (Å²) in [5.74, 6) is -0.462. The maximum absolute atomic E-state index is 13.6. The van der Waals surface area contributed by atoms with E-state index in [2.05, 4.69) is 4.98 Å². The van der Waals surface area contributed by atoms with Crippen LogP contribution in [0.5, 0.6) is 5.75 Å². The lowest BCUT2D eigenvalue weighted by Crippen LogP contribution is -2.07. The number of aryl methyl sites for hydroxylation is 1. The third-order valence-corrected chi connectivity index (χ3v) is 3.70. The van der Waals surface area contributed by atoms with Crippen molar-refractivity contribution in [2.45, 2.75) is 13.0 Å². The molecule has 4 nitrogen and oxygen atoms in total. The molecule has 0 bridgehead atoms. The van der Waals surface area contributed by atoms with Gasteiger partial charge in [-0.25, -0.2) is 13.8 Å². The number of nitrogens with two attached hydrogens (primary N) is 1. The average molecular weight is 317 g/mol. The molecule has 2 aromatic carbocycles. The molecule has 3 rings (SSSR count). The number of hydrogen-bond acceptors (Lipinski definition) is 3. The fourth-order valence-corrected chi connectivity index (χ4v) is 2.58. The summed E-state index contributed by atoms with van der Waals surface area (Å²) in [5, 5.41) is 0. The first-order valence-electron chi connectivity index (χ1n) is 7.34. The Morgan fingerprint density at radius 2 is 1.96 bits per heavy atom. The van der Waals surface area contributed by atoms with Gasteiger partial charge in [0.05, 0.1) is 18.1 Å². The van der Waals surface area contributed by atoms with Gasteiger partial charge in [-0.15, -0.1) is 0 Å². The Morgan fingerprint density at radius 1 is 1.17 bits per heavy atom. The minimum Gasteiger partial charge on any atom is -0.497 e. The monoisotopic (exact) mass is 317 g/mol. The zero-order valence-electron chi connectivity index (χ0n) is 12.7. The molecule has 0 radical (unpaired) electrons. The van der Waals surface area contributed by atoms with E-state index in [0.717, 1.165) is 11.6 Å². The van der Waals surface area contributed by atoms with Crippen LogP contribution in [0.25, 0.3) is 22.4 Å². The summed E-state index contributed by atoms with van der Waals surface area (Å²) in [6, 6.07) is 9.70. The summed E-state index contributed by atoms with van der Waals surface area (Å²) in [6.07, 6.45) is 0.710. The van der Waals surface area contributed by atoms with Crippen molar-refractivity contribution >= 4 is 11.0 Å². The second-order valence-corrected chi connectivity index (χ2v) is 5.22. The van der Waals surface area contributed by atoms with Crippen LogP contribution in [-0.4, -0.2) is 23.2 Å². The lowest BCUT2D eigenvalue weighted by molar-refractivity contribution is 0.415. The van der Waals surface area contributed by atoms with E-state index in [0.29, 0.717) is 42.1 Å². The highest BCUT2D eigenvalue weighted by Gasteiger charge is 2.16.